The highest BCUT2D eigenvalue weighted by molar-refractivity contribution is 7.87. The number of aromatic amines is 1. The summed E-state index contributed by atoms with van der Waals surface area (Å²) in [6, 6.07) is 3.95. The molecule has 2 aromatic rings. The number of aromatic nitrogens is 1. The van der Waals surface area contributed by atoms with Crippen molar-refractivity contribution in [2.24, 2.45) is 23.7 Å². The first kappa shape index (κ1) is 40.9. The molecule has 55 heavy (non-hydrogen) atoms. The van der Waals surface area contributed by atoms with Crippen LogP contribution in [0.25, 0.3) is 10.9 Å². The predicted molar refractivity (Wildman–Crippen MR) is 208 cm³/mol. The molecular weight excluding hydrogens is 728 g/mol. The van der Waals surface area contributed by atoms with E-state index in [-0.39, 0.29) is 35.3 Å². The largest absolute Gasteiger partial charge is 0.444 e. The van der Waals surface area contributed by atoms with Gasteiger partial charge in [0.2, 0.25) is 11.8 Å². The molecule has 13 nitrogen and oxygen atoms in total. The molecule has 4 fully saturated rings. The average Bonchev–Trinajstić information content (AvgIpc) is 3.75. The van der Waals surface area contributed by atoms with Crippen molar-refractivity contribution in [3.8, 4) is 0 Å². The Bertz CT molecular complexity index is 1820. The second-order valence-corrected chi connectivity index (χ2v) is 18.8. The molecule has 3 atom stereocenters. The number of carbonyl (C=O) groups excluding carboxylic acids is 4. The lowest BCUT2D eigenvalue weighted by Gasteiger charge is -2.37. The van der Waals surface area contributed by atoms with E-state index in [1.807, 2.05) is 0 Å². The first-order valence-electron chi connectivity index (χ1n) is 20.3. The van der Waals surface area contributed by atoms with Crippen LogP contribution in [0.4, 0.5) is 14.9 Å². The van der Waals surface area contributed by atoms with E-state index in [0.717, 1.165) is 51.4 Å². The molecule has 3 heterocycles. The van der Waals surface area contributed by atoms with Crippen LogP contribution in [0.5, 0.6) is 0 Å². The third-order valence-electron chi connectivity index (χ3n) is 12.2. The number of aryl methyl sites for hydroxylation is 1. The Morgan fingerprint density at radius 1 is 0.927 bits per heavy atom. The molecule has 2 saturated carbocycles. The molecule has 2 aliphatic carbocycles. The van der Waals surface area contributed by atoms with Crippen molar-refractivity contribution in [1.29, 1.82) is 0 Å². The Labute approximate surface area is 324 Å². The van der Waals surface area contributed by atoms with E-state index in [1.54, 1.807) is 50.8 Å². The molecule has 1 aromatic carbocycles. The van der Waals surface area contributed by atoms with Crippen LogP contribution in [0, 0.1) is 30.6 Å². The number of alkyl halides is 1. The second kappa shape index (κ2) is 17.2. The molecule has 0 spiro atoms. The summed E-state index contributed by atoms with van der Waals surface area (Å²) in [4.78, 5) is 59.0. The number of benzene rings is 1. The van der Waals surface area contributed by atoms with Gasteiger partial charge in [-0.3, -0.25) is 14.4 Å². The highest BCUT2D eigenvalue weighted by Crippen LogP contribution is 2.41. The SMILES string of the molecule is Cc1c(C(=O)NS(=O)(=O)N2CCCCC2)[nH]c2ccc(NC(=O)[C@@H]3[C@H](C4CCCCC4)CCN3C(=O)C3CCC([C@@H](CF)NC(=O)OC(C)(C)C)CC3)cc12. The van der Waals surface area contributed by atoms with Gasteiger partial charge in [-0.2, -0.15) is 12.7 Å². The van der Waals surface area contributed by atoms with Gasteiger partial charge in [-0.05, 0) is 114 Å². The first-order chi connectivity index (χ1) is 26.1. The van der Waals surface area contributed by atoms with Gasteiger partial charge in [-0.25, -0.2) is 13.9 Å². The average molecular weight is 787 g/mol. The van der Waals surface area contributed by atoms with Crippen molar-refractivity contribution in [3.63, 3.8) is 0 Å². The van der Waals surface area contributed by atoms with E-state index in [2.05, 4.69) is 20.3 Å². The summed E-state index contributed by atoms with van der Waals surface area (Å²) < 4.78 is 48.8. The van der Waals surface area contributed by atoms with Crippen molar-refractivity contribution < 1.29 is 36.7 Å². The maximum atomic E-state index is 14.3. The number of nitrogens with zero attached hydrogens (tertiary/aromatic N) is 2. The van der Waals surface area contributed by atoms with E-state index >= 15 is 0 Å². The number of hydrogen-bond acceptors (Lipinski definition) is 7. The number of anilines is 1. The predicted octanol–water partition coefficient (Wildman–Crippen LogP) is 6.34. The first-order valence-corrected chi connectivity index (χ1v) is 21.7. The van der Waals surface area contributed by atoms with Crippen LogP contribution >= 0.6 is 0 Å². The second-order valence-electron chi connectivity index (χ2n) is 17.1. The number of amides is 4. The van der Waals surface area contributed by atoms with Gasteiger partial charge in [0.15, 0.2) is 0 Å². The Morgan fingerprint density at radius 2 is 1.60 bits per heavy atom. The van der Waals surface area contributed by atoms with Crippen molar-refractivity contribution in [2.45, 2.75) is 129 Å². The third kappa shape index (κ3) is 9.64. The van der Waals surface area contributed by atoms with Crippen molar-refractivity contribution in [2.75, 3.05) is 31.6 Å². The van der Waals surface area contributed by atoms with Crippen LogP contribution in [0.3, 0.4) is 0 Å². The number of carbonyl (C=O) groups is 4. The molecule has 2 aliphatic heterocycles. The number of piperidine rings is 1. The fourth-order valence-electron chi connectivity index (χ4n) is 9.39. The lowest BCUT2D eigenvalue weighted by atomic mass is 9.76. The minimum Gasteiger partial charge on any atom is -0.444 e. The fourth-order valence-corrected chi connectivity index (χ4v) is 10.6. The maximum absolute atomic E-state index is 14.3. The van der Waals surface area contributed by atoms with Gasteiger partial charge in [0, 0.05) is 42.1 Å². The molecule has 4 amide bonds. The summed E-state index contributed by atoms with van der Waals surface area (Å²) in [5.41, 5.74) is 1.14. The molecule has 4 aliphatic rings. The fraction of sp³-hybridized carbons (Fsp3) is 0.700. The monoisotopic (exact) mass is 786 g/mol. The van der Waals surface area contributed by atoms with Gasteiger partial charge in [0.25, 0.3) is 5.91 Å². The van der Waals surface area contributed by atoms with Crippen molar-refractivity contribution in [1.82, 2.24) is 24.2 Å². The smallest absolute Gasteiger partial charge is 0.407 e. The van der Waals surface area contributed by atoms with Gasteiger partial charge in [-0.1, -0.05) is 38.5 Å². The molecule has 0 unspecified atom stereocenters. The number of halogens is 1. The van der Waals surface area contributed by atoms with Crippen LogP contribution in [0.15, 0.2) is 18.2 Å². The number of H-pyrrole nitrogens is 1. The molecule has 304 valence electrons. The van der Waals surface area contributed by atoms with Gasteiger partial charge in [0.05, 0.1) is 6.04 Å². The molecule has 6 rings (SSSR count). The summed E-state index contributed by atoms with van der Waals surface area (Å²) in [6.45, 7) is 7.54. The van der Waals surface area contributed by atoms with Crippen LogP contribution in [0.1, 0.15) is 120 Å². The minimum absolute atomic E-state index is 0.0319. The maximum Gasteiger partial charge on any atom is 0.407 e. The van der Waals surface area contributed by atoms with E-state index in [0.29, 0.717) is 73.4 Å². The number of hydrogen-bond donors (Lipinski definition) is 4. The quantitative estimate of drug-likeness (QED) is 0.218. The summed E-state index contributed by atoms with van der Waals surface area (Å²) in [7, 11) is -3.98. The van der Waals surface area contributed by atoms with Crippen LogP contribution in [-0.4, -0.2) is 90.4 Å². The minimum atomic E-state index is -3.98. The van der Waals surface area contributed by atoms with Gasteiger partial charge in [0.1, 0.15) is 24.0 Å². The summed E-state index contributed by atoms with van der Waals surface area (Å²) in [6.07, 6.45) is 10.3. The van der Waals surface area contributed by atoms with E-state index in [1.165, 1.54) is 10.7 Å². The molecular formula is C40H59FN6O7S. The zero-order valence-electron chi connectivity index (χ0n) is 32.8. The number of alkyl carbamates (subject to hydrolysis) is 1. The summed E-state index contributed by atoms with van der Waals surface area (Å²) in [5, 5.41) is 6.46. The number of nitrogens with one attached hydrogen (secondary N) is 4. The zero-order chi connectivity index (χ0) is 39.5. The Balaban J connectivity index is 1.14. The number of likely N-dealkylation sites (tertiary alicyclic amines) is 1. The van der Waals surface area contributed by atoms with Crippen LogP contribution in [0.2, 0.25) is 0 Å². The number of ether oxygens (including phenoxy) is 1. The van der Waals surface area contributed by atoms with Crippen LogP contribution in [-0.2, 0) is 24.5 Å². The number of fused-ring (bicyclic) bond motifs is 1. The summed E-state index contributed by atoms with van der Waals surface area (Å²) >= 11 is 0. The Kier molecular flexibility index (Phi) is 12.8. The third-order valence-corrected chi connectivity index (χ3v) is 13.7. The Hall–Kier alpha value is -3.72. The van der Waals surface area contributed by atoms with E-state index < -0.39 is 46.6 Å². The molecule has 4 N–H and O–H groups in total. The molecule has 0 bridgehead atoms. The van der Waals surface area contributed by atoms with Crippen LogP contribution < -0.4 is 15.4 Å². The van der Waals surface area contributed by atoms with E-state index in [9.17, 15) is 32.0 Å². The topological polar surface area (TPSA) is 170 Å². The van der Waals surface area contributed by atoms with E-state index in [4.69, 9.17) is 4.74 Å². The zero-order valence-corrected chi connectivity index (χ0v) is 33.6. The van der Waals surface area contributed by atoms with Gasteiger partial charge >= 0.3 is 16.3 Å². The lowest BCUT2D eigenvalue weighted by molar-refractivity contribution is -0.142. The molecule has 0 radical (unpaired) electrons. The highest BCUT2D eigenvalue weighted by atomic mass is 32.2. The number of rotatable bonds is 10. The van der Waals surface area contributed by atoms with Gasteiger partial charge < -0.3 is 25.3 Å². The van der Waals surface area contributed by atoms with Crippen molar-refractivity contribution >= 4 is 50.6 Å². The Morgan fingerprint density at radius 3 is 2.25 bits per heavy atom. The van der Waals surface area contributed by atoms with Gasteiger partial charge in [-0.15, -0.1) is 0 Å². The lowest BCUT2D eigenvalue weighted by Crippen LogP contribution is -2.50. The molecule has 15 heteroatoms. The molecule has 2 saturated heterocycles. The van der Waals surface area contributed by atoms with Crippen molar-refractivity contribution in [3.05, 3.63) is 29.5 Å². The summed E-state index contributed by atoms with van der Waals surface area (Å²) in [5.74, 6) is -1.06. The standard InChI is InChI=1S/C40H59FN6O7S/c1-25-31-23-29(17-18-32(31)43-34(25)36(48)45-55(52,53)46-20-9-6-10-21-46)42-37(49)35-30(26-11-7-5-8-12-26)19-22-47(35)38(50)28-15-13-27(14-16-28)33(24-41)44-39(51)54-40(2,3)4/h17-18,23,26-28,30,33,35,43H,5-16,19-22,24H2,1-4H3,(H,42,49)(H,44,51)(H,45,48)/t27?,28?,30-,33+,35-/m0/s1. The molecule has 1 aromatic heterocycles. The normalized spacial score (nSPS) is 25.0. The highest BCUT2D eigenvalue weighted by Gasteiger charge is 2.47.